The van der Waals surface area contributed by atoms with Gasteiger partial charge in [-0.25, -0.2) is 0 Å². The Bertz CT molecular complexity index is 377. The molecule has 2 atom stereocenters. The minimum absolute atomic E-state index is 0. The minimum atomic E-state index is 0. The van der Waals surface area contributed by atoms with Crippen molar-refractivity contribution in [3.05, 3.63) is 0 Å². The van der Waals surface area contributed by atoms with Crippen LogP contribution >= 0.6 is 24.0 Å². The van der Waals surface area contributed by atoms with Crippen LogP contribution in [0.2, 0.25) is 0 Å². The Balaban J connectivity index is 0.00000312. The fourth-order valence-corrected chi connectivity index (χ4v) is 4.12. The first kappa shape index (κ1) is 23.0. The molecule has 0 spiro atoms. The number of nitrogens with one attached hydrogen (secondary N) is 2. The first-order chi connectivity index (χ1) is 11.7. The standard InChI is InChI=1S/C19H39N5.HI/c1-4-18-10-6-7-13-24(18)14-11-21-19(20-5-2)22-15-17-9-8-12-23(3)16-17;/h17-18H,4-16H2,1-3H3,(H2,20,21,22);1H. The van der Waals surface area contributed by atoms with Crippen molar-refractivity contribution in [2.45, 2.75) is 58.4 Å². The molecular formula is C19H40IN5. The molecule has 2 saturated heterocycles. The summed E-state index contributed by atoms with van der Waals surface area (Å²) >= 11 is 0. The van der Waals surface area contributed by atoms with Gasteiger partial charge in [-0.3, -0.25) is 9.89 Å². The van der Waals surface area contributed by atoms with Crippen molar-refractivity contribution in [2.24, 2.45) is 10.9 Å². The number of piperidine rings is 2. The first-order valence-electron chi connectivity index (χ1n) is 10.2. The summed E-state index contributed by atoms with van der Waals surface area (Å²) in [5.41, 5.74) is 0. The van der Waals surface area contributed by atoms with Crippen LogP contribution in [-0.2, 0) is 0 Å². The molecule has 0 saturated carbocycles. The topological polar surface area (TPSA) is 42.9 Å². The number of halogens is 1. The molecule has 2 heterocycles. The molecule has 148 valence electrons. The molecule has 2 fully saturated rings. The van der Waals surface area contributed by atoms with Gasteiger partial charge in [0.05, 0.1) is 0 Å². The third-order valence-electron chi connectivity index (χ3n) is 5.49. The monoisotopic (exact) mass is 465 g/mol. The van der Waals surface area contributed by atoms with E-state index in [-0.39, 0.29) is 24.0 Å². The Morgan fingerprint density at radius 1 is 1.08 bits per heavy atom. The Hall–Kier alpha value is -0.0800. The molecular weight excluding hydrogens is 425 g/mol. The number of hydrogen-bond acceptors (Lipinski definition) is 3. The maximum Gasteiger partial charge on any atom is 0.191 e. The molecule has 0 aliphatic carbocycles. The van der Waals surface area contributed by atoms with Crippen molar-refractivity contribution in [3.63, 3.8) is 0 Å². The van der Waals surface area contributed by atoms with Crippen LogP contribution in [-0.4, -0.2) is 74.7 Å². The number of guanidine groups is 1. The number of aliphatic imine (C=N–C) groups is 1. The highest BCUT2D eigenvalue weighted by Gasteiger charge is 2.20. The second-order valence-corrected chi connectivity index (χ2v) is 7.51. The number of likely N-dealkylation sites (tertiary alicyclic amines) is 2. The zero-order valence-corrected chi connectivity index (χ0v) is 18.9. The average molecular weight is 465 g/mol. The van der Waals surface area contributed by atoms with Crippen molar-refractivity contribution in [1.82, 2.24) is 20.4 Å². The van der Waals surface area contributed by atoms with Crippen molar-refractivity contribution in [1.29, 1.82) is 0 Å². The summed E-state index contributed by atoms with van der Waals surface area (Å²) in [6.45, 7) is 12.2. The van der Waals surface area contributed by atoms with E-state index in [1.165, 1.54) is 58.2 Å². The van der Waals surface area contributed by atoms with E-state index >= 15 is 0 Å². The molecule has 25 heavy (non-hydrogen) atoms. The lowest BCUT2D eigenvalue weighted by atomic mass is 9.99. The molecule has 2 aliphatic heterocycles. The Morgan fingerprint density at radius 2 is 1.92 bits per heavy atom. The number of nitrogens with zero attached hydrogens (tertiary/aromatic N) is 3. The molecule has 5 nitrogen and oxygen atoms in total. The molecule has 2 N–H and O–H groups in total. The summed E-state index contributed by atoms with van der Waals surface area (Å²) in [7, 11) is 2.22. The van der Waals surface area contributed by atoms with Gasteiger partial charge in [0.25, 0.3) is 0 Å². The Kier molecular flexibility index (Phi) is 12.1. The number of hydrogen-bond donors (Lipinski definition) is 2. The van der Waals surface area contributed by atoms with Gasteiger partial charge in [0, 0.05) is 38.8 Å². The smallest absolute Gasteiger partial charge is 0.191 e. The third-order valence-corrected chi connectivity index (χ3v) is 5.49. The van der Waals surface area contributed by atoms with E-state index in [4.69, 9.17) is 4.99 Å². The Morgan fingerprint density at radius 3 is 2.64 bits per heavy atom. The van der Waals surface area contributed by atoms with Gasteiger partial charge >= 0.3 is 0 Å². The van der Waals surface area contributed by atoms with Crippen LogP contribution in [0.1, 0.15) is 52.4 Å². The lowest BCUT2D eigenvalue weighted by Crippen LogP contribution is -2.46. The lowest BCUT2D eigenvalue weighted by molar-refractivity contribution is 0.147. The minimum Gasteiger partial charge on any atom is -0.357 e. The van der Waals surface area contributed by atoms with Gasteiger partial charge in [0.15, 0.2) is 5.96 Å². The van der Waals surface area contributed by atoms with Gasteiger partial charge < -0.3 is 15.5 Å². The summed E-state index contributed by atoms with van der Waals surface area (Å²) in [5.74, 6) is 1.71. The maximum absolute atomic E-state index is 4.84. The van der Waals surface area contributed by atoms with Crippen LogP contribution in [0.15, 0.2) is 4.99 Å². The molecule has 2 aliphatic rings. The van der Waals surface area contributed by atoms with Gasteiger partial charge in [-0.15, -0.1) is 24.0 Å². The largest absolute Gasteiger partial charge is 0.357 e. The van der Waals surface area contributed by atoms with E-state index in [1.54, 1.807) is 0 Å². The highest BCUT2D eigenvalue weighted by Crippen LogP contribution is 2.18. The predicted octanol–water partition coefficient (Wildman–Crippen LogP) is 2.77. The zero-order valence-electron chi connectivity index (χ0n) is 16.6. The van der Waals surface area contributed by atoms with Gasteiger partial charge in [0.1, 0.15) is 0 Å². The Labute approximate surface area is 172 Å². The molecule has 0 radical (unpaired) electrons. The van der Waals surface area contributed by atoms with E-state index in [9.17, 15) is 0 Å². The van der Waals surface area contributed by atoms with Crippen LogP contribution in [0.5, 0.6) is 0 Å². The van der Waals surface area contributed by atoms with E-state index in [0.717, 1.165) is 38.2 Å². The van der Waals surface area contributed by atoms with Crippen molar-refractivity contribution < 1.29 is 0 Å². The van der Waals surface area contributed by atoms with Gasteiger partial charge in [0.2, 0.25) is 0 Å². The maximum atomic E-state index is 4.84. The average Bonchev–Trinajstić information content (AvgIpc) is 2.60. The van der Waals surface area contributed by atoms with Crippen LogP contribution < -0.4 is 10.6 Å². The van der Waals surface area contributed by atoms with E-state index in [1.807, 2.05) is 0 Å². The fraction of sp³-hybridized carbons (Fsp3) is 0.947. The van der Waals surface area contributed by atoms with Gasteiger partial charge in [-0.1, -0.05) is 13.3 Å². The molecule has 2 rings (SSSR count). The van der Waals surface area contributed by atoms with E-state index in [2.05, 4.69) is 41.3 Å². The third kappa shape index (κ3) is 8.43. The first-order valence-corrected chi connectivity index (χ1v) is 10.2. The fourth-order valence-electron chi connectivity index (χ4n) is 4.12. The molecule has 6 heteroatoms. The summed E-state index contributed by atoms with van der Waals surface area (Å²) < 4.78 is 0. The van der Waals surface area contributed by atoms with Crippen molar-refractivity contribution in [2.75, 3.05) is 52.9 Å². The molecule has 2 unspecified atom stereocenters. The molecule has 0 aromatic heterocycles. The van der Waals surface area contributed by atoms with E-state index < -0.39 is 0 Å². The molecule has 0 bridgehead atoms. The zero-order chi connectivity index (χ0) is 17.2. The second-order valence-electron chi connectivity index (χ2n) is 7.51. The highest BCUT2D eigenvalue weighted by molar-refractivity contribution is 14.0. The molecule has 0 aromatic rings. The van der Waals surface area contributed by atoms with Crippen LogP contribution in [0.25, 0.3) is 0 Å². The lowest BCUT2D eigenvalue weighted by Gasteiger charge is -2.35. The normalized spacial score (nSPS) is 26.1. The van der Waals surface area contributed by atoms with Gasteiger partial charge in [-0.05, 0) is 65.1 Å². The summed E-state index contributed by atoms with van der Waals surface area (Å²) in [5, 5.41) is 6.95. The van der Waals surface area contributed by atoms with E-state index in [0.29, 0.717) is 5.92 Å². The highest BCUT2D eigenvalue weighted by atomic mass is 127. The quantitative estimate of drug-likeness (QED) is 0.345. The summed E-state index contributed by atoms with van der Waals surface area (Å²) in [4.78, 5) is 9.94. The molecule has 0 aromatic carbocycles. The van der Waals surface area contributed by atoms with Crippen molar-refractivity contribution >= 4 is 29.9 Å². The van der Waals surface area contributed by atoms with Crippen LogP contribution in [0.4, 0.5) is 0 Å². The second kappa shape index (κ2) is 13.1. The molecule has 0 amide bonds. The van der Waals surface area contributed by atoms with Crippen LogP contribution in [0.3, 0.4) is 0 Å². The number of rotatable bonds is 7. The van der Waals surface area contributed by atoms with Crippen molar-refractivity contribution in [3.8, 4) is 0 Å². The summed E-state index contributed by atoms with van der Waals surface area (Å²) in [6.07, 6.45) is 8.05. The van der Waals surface area contributed by atoms with Gasteiger partial charge in [-0.2, -0.15) is 0 Å². The predicted molar refractivity (Wildman–Crippen MR) is 119 cm³/mol. The summed E-state index contributed by atoms with van der Waals surface area (Å²) in [6, 6.07) is 0.790. The SMILES string of the molecule is CCNC(=NCC1CCCN(C)C1)NCCN1CCCCC1CC.I. The van der Waals surface area contributed by atoms with Crippen LogP contribution in [0, 0.1) is 5.92 Å².